The molecule has 1 aliphatic rings. The van der Waals surface area contributed by atoms with Crippen molar-refractivity contribution in [2.75, 3.05) is 4.90 Å². The zero-order valence-electron chi connectivity index (χ0n) is 36.0. The predicted molar refractivity (Wildman–Crippen MR) is 269 cm³/mol. The third-order valence-electron chi connectivity index (χ3n) is 13.7. The minimum atomic E-state index is -3.08. The SMILES string of the molecule is Cn1c(-c2cccc([Si](c3ccccc3)(c3ccccc3)c3ccc4c(c3)N(c3ccccn3)c3c(ccc5c6ccccc6n(-c6ccccc6)c35)C4(C)C)c2)nc2ccccc21. The molecule has 0 saturated carbocycles. The Kier molecular flexibility index (Phi) is 8.68. The zero-order valence-corrected chi connectivity index (χ0v) is 37.0. The van der Waals surface area contributed by atoms with E-state index >= 15 is 0 Å². The van der Waals surface area contributed by atoms with E-state index in [1.807, 2.05) is 12.3 Å². The predicted octanol–water partition coefficient (Wildman–Crippen LogP) is 11.2. The number of hydrogen-bond donors (Lipinski definition) is 0. The van der Waals surface area contributed by atoms with Crippen LogP contribution in [-0.2, 0) is 12.5 Å². The van der Waals surface area contributed by atoms with Gasteiger partial charge in [-0.1, -0.05) is 178 Å². The molecule has 8 aromatic carbocycles. The average Bonchev–Trinajstić information content (AvgIpc) is 3.88. The van der Waals surface area contributed by atoms with Crippen molar-refractivity contribution in [3.8, 4) is 17.1 Å². The second-order valence-electron chi connectivity index (χ2n) is 17.5. The van der Waals surface area contributed by atoms with Crippen molar-refractivity contribution in [1.82, 2.24) is 19.1 Å². The number of para-hydroxylation sites is 4. The van der Waals surface area contributed by atoms with E-state index < -0.39 is 8.07 Å². The van der Waals surface area contributed by atoms with Crippen LogP contribution in [0.15, 0.2) is 219 Å². The molecule has 12 rings (SSSR count). The van der Waals surface area contributed by atoms with Crippen molar-refractivity contribution >= 4 is 78.9 Å². The summed E-state index contributed by atoms with van der Waals surface area (Å²) < 4.78 is 4.69. The highest BCUT2D eigenvalue weighted by Gasteiger charge is 2.45. The number of anilines is 3. The minimum Gasteiger partial charge on any atom is -0.327 e. The molecule has 306 valence electrons. The molecule has 0 saturated heterocycles. The van der Waals surface area contributed by atoms with Gasteiger partial charge in [0.05, 0.1) is 33.4 Å². The van der Waals surface area contributed by atoms with E-state index in [0.29, 0.717) is 0 Å². The van der Waals surface area contributed by atoms with Crippen molar-refractivity contribution < 1.29 is 0 Å². The Bertz CT molecular complexity index is 3500. The van der Waals surface area contributed by atoms with Crippen LogP contribution in [-0.4, -0.2) is 27.2 Å². The maximum absolute atomic E-state index is 5.19. The monoisotopic (exact) mass is 839 g/mol. The summed E-state index contributed by atoms with van der Waals surface area (Å²) in [5.41, 5.74) is 11.1. The number of imidazole rings is 1. The second kappa shape index (κ2) is 14.7. The van der Waals surface area contributed by atoms with Crippen LogP contribution in [0.25, 0.3) is 49.9 Å². The van der Waals surface area contributed by atoms with Gasteiger partial charge in [-0.15, -0.1) is 0 Å². The first kappa shape index (κ1) is 37.9. The summed E-state index contributed by atoms with van der Waals surface area (Å²) in [6.45, 7) is 4.78. The molecule has 0 radical (unpaired) electrons. The minimum absolute atomic E-state index is 0.357. The maximum Gasteiger partial charge on any atom is 0.179 e. The molecule has 0 unspecified atom stereocenters. The van der Waals surface area contributed by atoms with Gasteiger partial charge in [0, 0.05) is 40.7 Å². The number of rotatable bonds is 7. The van der Waals surface area contributed by atoms with Crippen LogP contribution in [0.1, 0.15) is 25.0 Å². The third kappa shape index (κ3) is 5.55. The molecule has 4 heterocycles. The number of fused-ring (bicyclic) bond motifs is 7. The molecule has 0 amide bonds. The zero-order chi connectivity index (χ0) is 43.0. The highest BCUT2D eigenvalue weighted by atomic mass is 28.3. The summed E-state index contributed by atoms with van der Waals surface area (Å²) >= 11 is 0. The largest absolute Gasteiger partial charge is 0.327 e. The van der Waals surface area contributed by atoms with Gasteiger partial charge in [0.1, 0.15) is 11.6 Å². The van der Waals surface area contributed by atoms with Crippen molar-refractivity contribution in [2.24, 2.45) is 7.05 Å². The van der Waals surface area contributed by atoms with Crippen LogP contribution in [0, 0.1) is 0 Å². The number of pyridine rings is 1. The van der Waals surface area contributed by atoms with Crippen molar-refractivity contribution in [2.45, 2.75) is 19.3 Å². The standard InChI is InChI=1S/C58H45N5Si/c1-58(2)48-35-33-45(64(42-23-9-5-10-24-42,43-25-11-6-12-26-43)44-27-19-20-40(38-44)57-60-50-29-14-16-31-52(50)61(57)3)39-53(48)63(54-32-17-18-37-59-54)56-49(58)36-34-47-46-28-13-15-30-51(46)62(55(47)56)41-21-7-4-8-22-41/h4-39H,1-3H3. The van der Waals surface area contributed by atoms with Crippen LogP contribution in [0.3, 0.4) is 0 Å². The maximum atomic E-state index is 5.19. The lowest BCUT2D eigenvalue weighted by Gasteiger charge is -2.43. The van der Waals surface area contributed by atoms with Gasteiger partial charge in [-0.05, 0) is 80.4 Å². The van der Waals surface area contributed by atoms with E-state index in [4.69, 9.17) is 9.97 Å². The number of aromatic nitrogens is 4. The third-order valence-corrected chi connectivity index (χ3v) is 18.5. The summed E-state index contributed by atoms with van der Waals surface area (Å²) in [6, 6.07) is 78.1. The summed E-state index contributed by atoms with van der Waals surface area (Å²) in [6.07, 6.45) is 1.92. The molecule has 6 heteroatoms. The Labute approximate surface area is 374 Å². The van der Waals surface area contributed by atoms with Crippen LogP contribution < -0.4 is 25.6 Å². The molecule has 0 spiro atoms. The van der Waals surface area contributed by atoms with Gasteiger partial charge in [0.25, 0.3) is 0 Å². The van der Waals surface area contributed by atoms with Crippen LogP contribution in [0.2, 0.25) is 0 Å². The summed E-state index contributed by atoms with van der Waals surface area (Å²) in [7, 11) is -0.956. The van der Waals surface area contributed by atoms with Gasteiger partial charge in [-0.2, -0.15) is 0 Å². The topological polar surface area (TPSA) is 38.9 Å². The van der Waals surface area contributed by atoms with E-state index in [-0.39, 0.29) is 5.41 Å². The molecule has 0 fully saturated rings. The van der Waals surface area contributed by atoms with Crippen molar-refractivity contribution in [3.63, 3.8) is 0 Å². The number of nitrogens with zero attached hydrogens (tertiary/aromatic N) is 5. The Morgan fingerprint density at radius 2 is 1.12 bits per heavy atom. The lowest BCUT2D eigenvalue weighted by Crippen LogP contribution is -2.74. The number of benzene rings is 8. The number of aryl methyl sites for hydroxylation is 1. The van der Waals surface area contributed by atoms with Gasteiger partial charge >= 0.3 is 0 Å². The molecular formula is C58H45N5Si. The lowest BCUT2D eigenvalue weighted by atomic mass is 9.73. The number of hydrogen-bond acceptors (Lipinski definition) is 3. The van der Waals surface area contributed by atoms with Crippen molar-refractivity contribution in [3.05, 3.63) is 230 Å². The van der Waals surface area contributed by atoms with E-state index in [1.54, 1.807) is 0 Å². The van der Waals surface area contributed by atoms with Gasteiger partial charge < -0.3 is 9.13 Å². The Balaban J connectivity index is 1.18. The van der Waals surface area contributed by atoms with Gasteiger partial charge in [-0.3, -0.25) is 4.90 Å². The Morgan fingerprint density at radius 1 is 0.500 bits per heavy atom. The second-order valence-corrected chi connectivity index (χ2v) is 21.3. The highest BCUT2D eigenvalue weighted by Crippen LogP contribution is 2.55. The van der Waals surface area contributed by atoms with Crippen LogP contribution >= 0.6 is 0 Å². The fourth-order valence-corrected chi connectivity index (χ4v) is 15.5. The molecule has 0 bridgehead atoms. The van der Waals surface area contributed by atoms with E-state index in [2.05, 4.69) is 241 Å². The average molecular weight is 840 g/mol. The van der Waals surface area contributed by atoms with E-state index in [9.17, 15) is 0 Å². The molecule has 0 aliphatic carbocycles. The molecule has 11 aromatic rings. The summed E-state index contributed by atoms with van der Waals surface area (Å²) in [5, 5.41) is 7.65. The first-order chi connectivity index (χ1) is 31.4. The Hall–Kier alpha value is -7.80. The van der Waals surface area contributed by atoms with Gasteiger partial charge in [0.15, 0.2) is 8.07 Å². The Morgan fingerprint density at radius 3 is 1.84 bits per heavy atom. The molecular weight excluding hydrogens is 795 g/mol. The van der Waals surface area contributed by atoms with Gasteiger partial charge in [0.2, 0.25) is 0 Å². The summed E-state index contributed by atoms with van der Waals surface area (Å²) in [4.78, 5) is 12.8. The van der Waals surface area contributed by atoms with E-state index in [1.165, 1.54) is 53.7 Å². The van der Waals surface area contributed by atoms with E-state index in [0.717, 1.165) is 45.3 Å². The molecule has 0 N–H and O–H groups in total. The fourth-order valence-electron chi connectivity index (χ4n) is 10.8. The van der Waals surface area contributed by atoms with Gasteiger partial charge in [-0.25, -0.2) is 9.97 Å². The fraction of sp³-hybridized carbons (Fsp3) is 0.0690. The normalized spacial score (nSPS) is 13.3. The molecule has 64 heavy (non-hydrogen) atoms. The molecule has 3 aromatic heterocycles. The first-order valence-corrected chi connectivity index (χ1v) is 24.1. The molecule has 0 atom stereocenters. The molecule has 1 aliphatic heterocycles. The summed E-state index contributed by atoms with van der Waals surface area (Å²) in [5.74, 6) is 1.83. The highest BCUT2D eigenvalue weighted by molar-refractivity contribution is 7.20. The van der Waals surface area contributed by atoms with Crippen LogP contribution in [0.5, 0.6) is 0 Å². The van der Waals surface area contributed by atoms with Crippen molar-refractivity contribution in [1.29, 1.82) is 0 Å². The smallest absolute Gasteiger partial charge is 0.179 e. The van der Waals surface area contributed by atoms with Crippen LogP contribution in [0.4, 0.5) is 17.2 Å². The lowest BCUT2D eigenvalue weighted by molar-refractivity contribution is 0.632. The molecule has 5 nitrogen and oxygen atoms in total. The quantitative estimate of drug-likeness (QED) is 0.119. The first-order valence-electron chi connectivity index (χ1n) is 22.1.